The van der Waals surface area contributed by atoms with Crippen molar-refractivity contribution in [3.63, 3.8) is 0 Å². The molecule has 0 spiro atoms. The van der Waals surface area contributed by atoms with Gasteiger partial charge >= 0.3 is 0 Å². The van der Waals surface area contributed by atoms with Crippen LogP contribution in [0.4, 0.5) is 5.95 Å². The van der Waals surface area contributed by atoms with E-state index < -0.39 is 0 Å². The number of nitrogens with zero attached hydrogens (tertiary/aromatic N) is 3. The number of rotatable bonds is 6. The van der Waals surface area contributed by atoms with E-state index in [1.54, 1.807) is 7.11 Å². The summed E-state index contributed by atoms with van der Waals surface area (Å²) < 4.78 is 5.13. The Hall–Kier alpha value is -1.40. The second-order valence-corrected chi connectivity index (χ2v) is 4.75. The summed E-state index contributed by atoms with van der Waals surface area (Å²) >= 11 is 0. The lowest BCUT2D eigenvalue weighted by Crippen LogP contribution is -2.44. The fraction of sp³-hybridized carbons (Fsp3) is 0.692. The first-order valence-electron chi connectivity index (χ1n) is 6.84. The van der Waals surface area contributed by atoms with Gasteiger partial charge in [-0.25, -0.2) is 4.98 Å². The Bertz CT molecular complexity index is 393. The van der Waals surface area contributed by atoms with E-state index >= 15 is 0 Å². The third-order valence-corrected chi connectivity index (χ3v) is 3.18. The van der Waals surface area contributed by atoms with Gasteiger partial charge in [0.2, 0.25) is 11.8 Å². The molecule has 0 atom stereocenters. The number of aryl methyl sites for hydroxylation is 1. The van der Waals surface area contributed by atoms with Crippen LogP contribution in [-0.2, 0) is 0 Å². The van der Waals surface area contributed by atoms with Crippen molar-refractivity contribution in [2.75, 3.05) is 51.7 Å². The fourth-order valence-electron chi connectivity index (χ4n) is 2.16. The number of methoxy groups -OCH3 is 1. The average molecular weight is 265 g/mol. The Kier molecular flexibility index (Phi) is 5.35. The highest BCUT2D eigenvalue weighted by Crippen LogP contribution is 2.10. The standard InChI is InChI=1S/C13H23N5O/c1-11-10-12(19-2)17-13(16-11)15-4-3-7-18-8-5-14-6-9-18/h10,14H,3-9H2,1-2H3,(H,15,16,17). The number of aromatic nitrogens is 2. The van der Waals surface area contributed by atoms with Crippen molar-refractivity contribution >= 4 is 5.95 Å². The van der Waals surface area contributed by atoms with Gasteiger partial charge in [-0.3, -0.25) is 0 Å². The maximum absolute atomic E-state index is 5.13. The summed E-state index contributed by atoms with van der Waals surface area (Å²) in [6.07, 6.45) is 1.10. The summed E-state index contributed by atoms with van der Waals surface area (Å²) in [5.41, 5.74) is 0.913. The van der Waals surface area contributed by atoms with Gasteiger partial charge in [0.05, 0.1) is 7.11 Å². The largest absolute Gasteiger partial charge is 0.481 e. The van der Waals surface area contributed by atoms with Gasteiger partial charge in [-0.2, -0.15) is 4.98 Å². The van der Waals surface area contributed by atoms with Crippen LogP contribution in [0.2, 0.25) is 0 Å². The minimum Gasteiger partial charge on any atom is -0.481 e. The van der Waals surface area contributed by atoms with Crippen LogP contribution < -0.4 is 15.4 Å². The molecule has 0 bridgehead atoms. The molecule has 2 rings (SSSR count). The molecule has 0 amide bonds. The number of nitrogens with one attached hydrogen (secondary N) is 2. The van der Waals surface area contributed by atoms with E-state index in [2.05, 4.69) is 25.5 Å². The van der Waals surface area contributed by atoms with Crippen molar-refractivity contribution in [3.8, 4) is 5.88 Å². The number of ether oxygens (including phenoxy) is 1. The fourth-order valence-corrected chi connectivity index (χ4v) is 2.16. The highest BCUT2D eigenvalue weighted by atomic mass is 16.5. The Morgan fingerprint density at radius 3 is 2.89 bits per heavy atom. The quantitative estimate of drug-likeness (QED) is 0.730. The minimum atomic E-state index is 0.608. The second-order valence-electron chi connectivity index (χ2n) is 4.75. The molecule has 1 aliphatic heterocycles. The third kappa shape index (κ3) is 4.65. The second kappa shape index (κ2) is 7.25. The van der Waals surface area contributed by atoms with E-state index in [0.717, 1.165) is 51.4 Å². The molecule has 106 valence electrons. The third-order valence-electron chi connectivity index (χ3n) is 3.18. The van der Waals surface area contributed by atoms with Gasteiger partial charge in [-0.15, -0.1) is 0 Å². The molecule has 0 saturated carbocycles. The van der Waals surface area contributed by atoms with Gasteiger partial charge in [0.15, 0.2) is 0 Å². The molecule has 1 aromatic heterocycles. The molecular weight excluding hydrogens is 242 g/mol. The number of hydrogen-bond donors (Lipinski definition) is 2. The van der Waals surface area contributed by atoms with Gasteiger partial charge in [-0.05, 0) is 19.9 Å². The summed E-state index contributed by atoms with van der Waals surface area (Å²) in [6.45, 7) is 8.45. The molecule has 0 unspecified atom stereocenters. The van der Waals surface area contributed by atoms with Crippen LogP contribution in [0.25, 0.3) is 0 Å². The number of hydrogen-bond acceptors (Lipinski definition) is 6. The van der Waals surface area contributed by atoms with Crippen LogP contribution in [0.15, 0.2) is 6.07 Å². The first-order chi connectivity index (χ1) is 9.28. The summed E-state index contributed by atoms with van der Waals surface area (Å²) in [6, 6.07) is 1.83. The van der Waals surface area contributed by atoms with Gasteiger partial charge in [0, 0.05) is 44.5 Å². The Morgan fingerprint density at radius 2 is 2.16 bits per heavy atom. The van der Waals surface area contributed by atoms with Gasteiger partial charge in [0.25, 0.3) is 0 Å². The molecule has 1 aliphatic rings. The summed E-state index contributed by atoms with van der Waals surface area (Å²) in [7, 11) is 1.62. The topological polar surface area (TPSA) is 62.3 Å². The Balaban J connectivity index is 1.71. The zero-order valence-corrected chi connectivity index (χ0v) is 11.8. The summed E-state index contributed by atoms with van der Waals surface area (Å²) in [5.74, 6) is 1.26. The molecule has 6 heteroatoms. The molecule has 1 aromatic rings. The molecule has 0 radical (unpaired) electrons. The van der Waals surface area contributed by atoms with Crippen LogP contribution in [0.5, 0.6) is 5.88 Å². The first-order valence-corrected chi connectivity index (χ1v) is 6.84. The molecule has 0 aromatic carbocycles. The summed E-state index contributed by atoms with van der Waals surface area (Å²) in [4.78, 5) is 11.1. The van der Waals surface area contributed by atoms with Crippen molar-refractivity contribution < 1.29 is 4.74 Å². The molecule has 1 fully saturated rings. The number of piperazine rings is 1. The van der Waals surface area contributed by atoms with Crippen LogP contribution in [-0.4, -0.2) is 61.2 Å². The van der Waals surface area contributed by atoms with Crippen LogP contribution in [0.1, 0.15) is 12.1 Å². The first kappa shape index (κ1) is 14.0. The molecule has 6 nitrogen and oxygen atoms in total. The van der Waals surface area contributed by atoms with E-state index in [1.165, 1.54) is 0 Å². The number of anilines is 1. The molecular formula is C13H23N5O. The summed E-state index contributed by atoms with van der Waals surface area (Å²) in [5, 5.41) is 6.61. The lowest BCUT2D eigenvalue weighted by atomic mass is 10.3. The monoisotopic (exact) mass is 265 g/mol. The van der Waals surface area contributed by atoms with E-state index in [9.17, 15) is 0 Å². The van der Waals surface area contributed by atoms with Crippen molar-refractivity contribution in [3.05, 3.63) is 11.8 Å². The minimum absolute atomic E-state index is 0.608. The zero-order chi connectivity index (χ0) is 13.5. The SMILES string of the molecule is COc1cc(C)nc(NCCCN2CCNCC2)n1. The maximum Gasteiger partial charge on any atom is 0.226 e. The van der Waals surface area contributed by atoms with Crippen molar-refractivity contribution in [2.45, 2.75) is 13.3 Å². The Labute approximate surface area is 114 Å². The predicted molar refractivity (Wildman–Crippen MR) is 75.7 cm³/mol. The molecule has 2 heterocycles. The van der Waals surface area contributed by atoms with E-state index in [0.29, 0.717) is 11.8 Å². The normalized spacial score (nSPS) is 16.3. The van der Waals surface area contributed by atoms with Gasteiger partial charge < -0.3 is 20.3 Å². The van der Waals surface area contributed by atoms with Crippen LogP contribution >= 0.6 is 0 Å². The Morgan fingerprint density at radius 1 is 1.37 bits per heavy atom. The smallest absolute Gasteiger partial charge is 0.226 e. The highest BCUT2D eigenvalue weighted by Gasteiger charge is 2.08. The van der Waals surface area contributed by atoms with Crippen molar-refractivity contribution in [2.24, 2.45) is 0 Å². The van der Waals surface area contributed by atoms with Gasteiger partial charge in [-0.1, -0.05) is 0 Å². The molecule has 0 aliphatic carbocycles. The van der Waals surface area contributed by atoms with Crippen LogP contribution in [0, 0.1) is 6.92 Å². The maximum atomic E-state index is 5.13. The van der Waals surface area contributed by atoms with E-state index in [1.807, 2.05) is 13.0 Å². The van der Waals surface area contributed by atoms with Crippen molar-refractivity contribution in [1.29, 1.82) is 0 Å². The molecule has 1 saturated heterocycles. The van der Waals surface area contributed by atoms with E-state index in [-0.39, 0.29) is 0 Å². The van der Waals surface area contributed by atoms with Crippen molar-refractivity contribution in [1.82, 2.24) is 20.2 Å². The van der Waals surface area contributed by atoms with Gasteiger partial charge in [0.1, 0.15) is 0 Å². The molecule has 19 heavy (non-hydrogen) atoms. The van der Waals surface area contributed by atoms with E-state index in [4.69, 9.17) is 4.74 Å². The van der Waals surface area contributed by atoms with Crippen LogP contribution in [0.3, 0.4) is 0 Å². The molecule has 2 N–H and O–H groups in total. The average Bonchev–Trinajstić information content (AvgIpc) is 2.44. The lowest BCUT2D eigenvalue weighted by molar-refractivity contribution is 0.240. The predicted octanol–water partition coefficient (Wildman–Crippen LogP) is 0.501. The lowest BCUT2D eigenvalue weighted by Gasteiger charge is -2.27. The zero-order valence-electron chi connectivity index (χ0n) is 11.8. The highest BCUT2D eigenvalue weighted by molar-refractivity contribution is 5.30.